The topological polar surface area (TPSA) is 57.4 Å². The van der Waals surface area contributed by atoms with Crippen LogP contribution in [0.1, 0.15) is 11.3 Å². The highest BCUT2D eigenvalue weighted by Gasteiger charge is 2.18. The first-order valence-corrected chi connectivity index (χ1v) is 7.09. The first kappa shape index (κ1) is 15.6. The van der Waals surface area contributed by atoms with Crippen molar-refractivity contribution in [3.05, 3.63) is 66.0 Å². The van der Waals surface area contributed by atoms with Gasteiger partial charge in [0.15, 0.2) is 0 Å². The molecule has 0 unspecified atom stereocenters. The Labute approximate surface area is 125 Å². The Balaban J connectivity index is 1.79. The molecule has 4 heteroatoms. The van der Waals surface area contributed by atoms with Gasteiger partial charge in [-0.1, -0.05) is 36.4 Å². The number of pyridine rings is 1. The Morgan fingerprint density at radius 2 is 1.86 bits per heavy atom. The Hall–Kier alpha value is -1.75. The summed E-state index contributed by atoms with van der Waals surface area (Å²) in [6.07, 6.45) is 2.31. The van der Waals surface area contributed by atoms with E-state index in [4.69, 9.17) is 15.2 Å². The van der Waals surface area contributed by atoms with Crippen LogP contribution in [0.3, 0.4) is 0 Å². The van der Waals surface area contributed by atoms with E-state index in [-0.39, 0.29) is 12.1 Å². The molecule has 2 N–H and O–H groups in total. The Morgan fingerprint density at radius 1 is 1.10 bits per heavy atom. The van der Waals surface area contributed by atoms with Crippen LogP contribution >= 0.6 is 0 Å². The smallest absolute Gasteiger partial charge is 0.0959 e. The van der Waals surface area contributed by atoms with Crippen LogP contribution in [0.4, 0.5) is 0 Å². The minimum atomic E-state index is -0.143. The summed E-state index contributed by atoms with van der Waals surface area (Å²) in [5.74, 6) is 0. The highest BCUT2D eigenvalue weighted by atomic mass is 16.5. The summed E-state index contributed by atoms with van der Waals surface area (Å²) in [4.78, 5) is 4.29. The van der Waals surface area contributed by atoms with Gasteiger partial charge < -0.3 is 15.2 Å². The molecule has 1 aromatic carbocycles. The first-order valence-electron chi connectivity index (χ1n) is 7.09. The van der Waals surface area contributed by atoms with Gasteiger partial charge in [-0.15, -0.1) is 0 Å². The number of ether oxygens (including phenoxy) is 2. The van der Waals surface area contributed by atoms with Gasteiger partial charge in [0, 0.05) is 31.5 Å². The zero-order valence-corrected chi connectivity index (χ0v) is 12.3. The number of hydrogen-bond donors (Lipinski definition) is 1. The monoisotopic (exact) mass is 286 g/mol. The van der Waals surface area contributed by atoms with Crippen molar-refractivity contribution in [2.45, 2.75) is 25.2 Å². The van der Waals surface area contributed by atoms with Gasteiger partial charge in [-0.05, 0) is 17.7 Å². The number of hydrogen-bond acceptors (Lipinski definition) is 4. The lowest BCUT2D eigenvalue weighted by Crippen LogP contribution is -2.41. The van der Waals surface area contributed by atoms with Gasteiger partial charge >= 0.3 is 0 Å². The molecule has 0 fully saturated rings. The molecule has 21 heavy (non-hydrogen) atoms. The summed E-state index contributed by atoms with van der Waals surface area (Å²) in [6, 6.07) is 15.8. The van der Waals surface area contributed by atoms with E-state index in [1.807, 2.05) is 48.5 Å². The minimum absolute atomic E-state index is 0.138. The van der Waals surface area contributed by atoms with E-state index >= 15 is 0 Å². The van der Waals surface area contributed by atoms with E-state index in [0.29, 0.717) is 19.6 Å². The molecule has 4 nitrogen and oxygen atoms in total. The van der Waals surface area contributed by atoms with Crippen molar-refractivity contribution in [2.75, 3.05) is 13.7 Å². The van der Waals surface area contributed by atoms with Crippen LogP contribution in [0, 0.1) is 0 Å². The van der Waals surface area contributed by atoms with Gasteiger partial charge in [-0.2, -0.15) is 0 Å². The van der Waals surface area contributed by atoms with Gasteiger partial charge in [-0.25, -0.2) is 0 Å². The fourth-order valence-corrected chi connectivity index (χ4v) is 2.13. The van der Waals surface area contributed by atoms with Crippen molar-refractivity contribution < 1.29 is 9.47 Å². The standard InChI is InChI=1S/C17H22N2O2/c1-20-17(13-21-12-14-7-3-2-4-8-14)16(18)11-15-9-5-6-10-19-15/h2-10,16-17H,11-13,18H2,1H3/t16-,17+/m1/s1. The zero-order valence-electron chi connectivity index (χ0n) is 12.3. The maximum Gasteiger partial charge on any atom is 0.0959 e. The van der Waals surface area contributed by atoms with Gasteiger partial charge in [0.25, 0.3) is 0 Å². The summed E-state index contributed by atoms with van der Waals surface area (Å²) in [6.45, 7) is 1.04. The van der Waals surface area contributed by atoms with Crippen molar-refractivity contribution in [2.24, 2.45) is 5.73 Å². The zero-order chi connectivity index (χ0) is 14.9. The third-order valence-corrected chi connectivity index (χ3v) is 3.34. The second-order valence-electron chi connectivity index (χ2n) is 4.96. The predicted octanol–water partition coefficient (Wildman–Crippen LogP) is 2.18. The summed E-state index contributed by atoms with van der Waals surface area (Å²) in [5.41, 5.74) is 8.31. The van der Waals surface area contributed by atoms with Gasteiger partial charge in [0.1, 0.15) is 0 Å². The van der Waals surface area contributed by atoms with Crippen LogP contribution in [0.15, 0.2) is 54.7 Å². The maximum absolute atomic E-state index is 6.19. The number of methoxy groups -OCH3 is 1. The number of rotatable bonds is 8. The van der Waals surface area contributed by atoms with E-state index in [1.54, 1.807) is 13.3 Å². The molecule has 0 radical (unpaired) electrons. The average molecular weight is 286 g/mol. The molecule has 2 rings (SSSR count). The molecule has 2 atom stereocenters. The Bertz CT molecular complexity index is 505. The lowest BCUT2D eigenvalue weighted by molar-refractivity contribution is -0.0105. The molecule has 0 saturated carbocycles. The molecule has 0 aliphatic rings. The SMILES string of the molecule is CO[C@@H](COCc1ccccc1)[C@H](N)Cc1ccccn1. The summed E-state index contributed by atoms with van der Waals surface area (Å²) >= 11 is 0. The number of nitrogens with zero attached hydrogens (tertiary/aromatic N) is 1. The van der Waals surface area contributed by atoms with Crippen LogP contribution in [0.2, 0.25) is 0 Å². The lowest BCUT2D eigenvalue weighted by Gasteiger charge is -2.22. The summed E-state index contributed by atoms with van der Waals surface area (Å²) in [5, 5.41) is 0. The van der Waals surface area contributed by atoms with Crippen LogP contribution < -0.4 is 5.73 Å². The second kappa shape index (κ2) is 8.52. The Morgan fingerprint density at radius 3 is 2.52 bits per heavy atom. The lowest BCUT2D eigenvalue weighted by atomic mass is 10.1. The third kappa shape index (κ3) is 5.27. The molecule has 0 spiro atoms. The predicted molar refractivity (Wildman–Crippen MR) is 82.8 cm³/mol. The van der Waals surface area contributed by atoms with Gasteiger partial charge in [0.05, 0.1) is 19.3 Å². The fourth-order valence-electron chi connectivity index (χ4n) is 2.13. The molecular formula is C17H22N2O2. The van der Waals surface area contributed by atoms with E-state index < -0.39 is 0 Å². The van der Waals surface area contributed by atoms with Crippen molar-refractivity contribution in [3.8, 4) is 0 Å². The molecule has 1 heterocycles. The molecule has 0 bridgehead atoms. The van der Waals surface area contributed by atoms with E-state index in [2.05, 4.69) is 4.98 Å². The van der Waals surface area contributed by atoms with Crippen molar-refractivity contribution in [1.29, 1.82) is 0 Å². The van der Waals surface area contributed by atoms with Crippen LogP contribution in [-0.4, -0.2) is 30.8 Å². The van der Waals surface area contributed by atoms with E-state index in [1.165, 1.54) is 0 Å². The largest absolute Gasteiger partial charge is 0.377 e. The number of benzene rings is 1. The van der Waals surface area contributed by atoms with Crippen molar-refractivity contribution in [3.63, 3.8) is 0 Å². The molecule has 0 saturated heterocycles. The number of nitrogens with two attached hydrogens (primary N) is 1. The molecule has 2 aromatic rings. The average Bonchev–Trinajstić information content (AvgIpc) is 2.53. The van der Waals surface area contributed by atoms with Crippen LogP contribution in [-0.2, 0) is 22.5 Å². The van der Waals surface area contributed by atoms with Crippen molar-refractivity contribution in [1.82, 2.24) is 4.98 Å². The second-order valence-corrected chi connectivity index (χ2v) is 4.96. The molecule has 0 aliphatic heterocycles. The highest BCUT2D eigenvalue weighted by Crippen LogP contribution is 2.07. The summed E-state index contributed by atoms with van der Waals surface area (Å²) in [7, 11) is 1.66. The highest BCUT2D eigenvalue weighted by molar-refractivity contribution is 5.13. The fraction of sp³-hybridized carbons (Fsp3) is 0.353. The molecule has 0 aliphatic carbocycles. The normalized spacial score (nSPS) is 13.8. The third-order valence-electron chi connectivity index (χ3n) is 3.34. The minimum Gasteiger partial charge on any atom is -0.377 e. The molecule has 1 aromatic heterocycles. The first-order chi connectivity index (χ1) is 10.3. The van der Waals surface area contributed by atoms with Gasteiger partial charge in [-0.3, -0.25) is 4.98 Å². The quantitative estimate of drug-likeness (QED) is 0.808. The molecule has 0 amide bonds. The van der Waals surface area contributed by atoms with Crippen LogP contribution in [0.25, 0.3) is 0 Å². The molecule has 112 valence electrons. The van der Waals surface area contributed by atoms with Crippen LogP contribution in [0.5, 0.6) is 0 Å². The summed E-state index contributed by atoms with van der Waals surface area (Å²) < 4.78 is 11.2. The van der Waals surface area contributed by atoms with Gasteiger partial charge in [0.2, 0.25) is 0 Å². The Kier molecular flexibility index (Phi) is 6.34. The maximum atomic E-state index is 6.19. The van der Waals surface area contributed by atoms with E-state index in [9.17, 15) is 0 Å². The van der Waals surface area contributed by atoms with E-state index in [0.717, 1.165) is 11.3 Å². The van der Waals surface area contributed by atoms with Crippen molar-refractivity contribution >= 4 is 0 Å². The molecular weight excluding hydrogens is 264 g/mol. The number of aromatic nitrogens is 1.